The number of carbonyl (C=O) groups is 1. The molecule has 3 N–H and O–H groups in total. The van der Waals surface area contributed by atoms with Gasteiger partial charge in [0.2, 0.25) is 5.91 Å². The van der Waals surface area contributed by atoms with Crippen LogP contribution in [0.3, 0.4) is 0 Å². The fourth-order valence-electron chi connectivity index (χ4n) is 1.57. The van der Waals surface area contributed by atoms with E-state index in [1.807, 2.05) is 25.1 Å². The second-order valence-electron chi connectivity index (χ2n) is 3.92. The number of fused-ring (bicyclic) bond motifs is 1. The predicted octanol–water partition coefficient (Wildman–Crippen LogP) is 1.89. The zero-order valence-corrected chi connectivity index (χ0v) is 10.8. The molecule has 2 rings (SSSR count). The van der Waals surface area contributed by atoms with E-state index in [1.165, 1.54) is 0 Å². The van der Waals surface area contributed by atoms with Gasteiger partial charge in [-0.25, -0.2) is 4.98 Å². The third kappa shape index (κ3) is 2.67. The van der Waals surface area contributed by atoms with Gasteiger partial charge in [0.25, 0.3) is 0 Å². The van der Waals surface area contributed by atoms with Crippen molar-refractivity contribution in [3.8, 4) is 12.3 Å². The van der Waals surface area contributed by atoms with Gasteiger partial charge in [0.1, 0.15) is 0 Å². The van der Waals surface area contributed by atoms with Crippen molar-refractivity contribution in [1.29, 1.82) is 0 Å². The van der Waals surface area contributed by atoms with E-state index in [4.69, 9.17) is 12.2 Å². The Morgan fingerprint density at radius 3 is 3.17 bits per heavy atom. The molecule has 5 heteroatoms. The predicted molar refractivity (Wildman–Crippen MR) is 74.4 cm³/mol. The van der Waals surface area contributed by atoms with Gasteiger partial charge < -0.3 is 11.1 Å². The standard InChI is InChI=1S/C13H13N3OS/c1-3-4-10(14)13(17)16-9-5-6-11-12(7-9)18-8(2)15-11/h1,5-7,10H,4,14H2,2H3,(H,16,17). The highest BCUT2D eigenvalue weighted by Crippen LogP contribution is 2.24. The second-order valence-corrected chi connectivity index (χ2v) is 5.15. The molecule has 0 spiro atoms. The lowest BCUT2D eigenvalue weighted by molar-refractivity contribution is -0.117. The molecular formula is C13H13N3OS. The van der Waals surface area contributed by atoms with Crippen molar-refractivity contribution in [3.63, 3.8) is 0 Å². The molecule has 1 aromatic carbocycles. The van der Waals surface area contributed by atoms with Gasteiger partial charge in [0.05, 0.1) is 21.3 Å². The van der Waals surface area contributed by atoms with Crippen LogP contribution in [0, 0.1) is 19.3 Å². The maximum absolute atomic E-state index is 11.7. The first kappa shape index (κ1) is 12.6. The molecule has 0 aliphatic rings. The van der Waals surface area contributed by atoms with Gasteiger partial charge in [-0.05, 0) is 25.1 Å². The molecule has 0 bridgehead atoms. The van der Waals surface area contributed by atoms with E-state index in [1.54, 1.807) is 11.3 Å². The van der Waals surface area contributed by atoms with Gasteiger partial charge in [-0.3, -0.25) is 4.79 Å². The van der Waals surface area contributed by atoms with Crippen molar-refractivity contribution < 1.29 is 4.79 Å². The molecule has 1 unspecified atom stereocenters. The van der Waals surface area contributed by atoms with Crippen LogP contribution in [0.4, 0.5) is 5.69 Å². The maximum atomic E-state index is 11.7. The minimum Gasteiger partial charge on any atom is -0.325 e. The van der Waals surface area contributed by atoms with Gasteiger partial charge in [0.15, 0.2) is 0 Å². The number of nitrogens with zero attached hydrogens (tertiary/aromatic N) is 1. The summed E-state index contributed by atoms with van der Waals surface area (Å²) in [6, 6.07) is 4.90. The molecule has 0 saturated heterocycles. The van der Waals surface area contributed by atoms with Crippen LogP contribution >= 0.6 is 11.3 Å². The third-order valence-corrected chi connectivity index (χ3v) is 3.37. The highest BCUT2D eigenvalue weighted by molar-refractivity contribution is 7.18. The van der Waals surface area contributed by atoms with Crippen molar-refractivity contribution >= 4 is 33.1 Å². The minimum atomic E-state index is -0.672. The Balaban J connectivity index is 2.17. The van der Waals surface area contributed by atoms with Crippen LogP contribution in [-0.2, 0) is 4.79 Å². The Hall–Kier alpha value is -1.90. The first-order valence-electron chi connectivity index (χ1n) is 5.47. The van der Waals surface area contributed by atoms with Crippen molar-refractivity contribution in [2.75, 3.05) is 5.32 Å². The SMILES string of the molecule is C#CCC(N)C(=O)Nc1ccc2nc(C)sc2c1. The molecular weight excluding hydrogens is 246 g/mol. The lowest BCUT2D eigenvalue weighted by Gasteiger charge is -2.09. The highest BCUT2D eigenvalue weighted by atomic mass is 32.1. The number of terminal acetylenes is 1. The van der Waals surface area contributed by atoms with Crippen LogP contribution < -0.4 is 11.1 Å². The van der Waals surface area contributed by atoms with E-state index in [-0.39, 0.29) is 12.3 Å². The second kappa shape index (κ2) is 5.17. The number of anilines is 1. The van der Waals surface area contributed by atoms with Crippen molar-refractivity contribution in [1.82, 2.24) is 4.98 Å². The Kier molecular flexibility index (Phi) is 3.60. The number of rotatable bonds is 3. The molecule has 0 radical (unpaired) electrons. The zero-order valence-electron chi connectivity index (χ0n) is 9.93. The monoisotopic (exact) mass is 259 g/mol. The van der Waals surface area contributed by atoms with Gasteiger partial charge in [-0.2, -0.15) is 0 Å². The summed E-state index contributed by atoms with van der Waals surface area (Å²) in [5, 5.41) is 3.74. The Morgan fingerprint density at radius 2 is 2.44 bits per heavy atom. The number of benzene rings is 1. The molecule has 2 aromatic rings. The van der Waals surface area contributed by atoms with E-state index < -0.39 is 6.04 Å². The molecule has 1 heterocycles. The van der Waals surface area contributed by atoms with Crippen LogP contribution in [0.1, 0.15) is 11.4 Å². The number of aromatic nitrogens is 1. The number of nitrogens with one attached hydrogen (secondary N) is 1. The zero-order chi connectivity index (χ0) is 13.1. The number of carbonyl (C=O) groups excluding carboxylic acids is 1. The van der Waals surface area contributed by atoms with E-state index in [0.29, 0.717) is 5.69 Å². The molecule has 4 nitrogen and oxygen atoms in total. The number of aryl methyl sites for hydroxylation is 1. The van der Waals surface area contributed by atoms with Gasteiger partial charge in [-0.1, -0.05) is 0 Å². The van der Waals surface area contributed by atoms with Gasteiger partial charge in [-0.15, -0.1) is 23.7 Å². The quantitative estimate of drug-likeness (QED) is 0.827. The molecule has 1 aromatic heterocycles. The van der Waals surface area contributed by atoms with Crippen LogP contribution in [0.25, 0.3) is 10.2 Å². The summed E-state index contributed by atoms with van der Waals surface area (Å²) >= 11 is 1.59. The third-order valence-electron chi connectivity index (χ3n) is 2.44. The first-order valence-corrected chi connectivity index (χ1v) is 6.29. The van der Waals surface area contributed by atoms with E-state index >= 15 is 0 Å². The average Bonchev–Trinajstić information content (AvgIpc) is 2.68. The fraction of sp³-hybridized carbons (Fsp3) is 0.231. The molecule has 0 aliphatic heterocycles. The van der Waals surface area contributed by atoms with Crippen molar-refractivity contribution in [2.24, 2.45) is 5.73 Å². The lowest BCUT2D eigenvalue weighted by atomic mass is 10.2. The molecule has 0 saturated carbocycles. The molecule has 1 atom stereocenters. The molecule has 0 aliphatic carbocycles. The Morgan fingerprint density at radius 1 is 1.67 bits per heavy atom. The van der Waals surface area contributed by atoms with Crippen LogP contribution in [0.2, 0.25) is 0 Å². The summed E-state index contributed by atoms with van der Waals surface area (Å²) in [5.74, 6) is 2.10. The van der Waals surface area contributed by atoms with Crippen LogP contribution in [-0.4, -0.2) is 16.9 Å². The average molecular weight is 259 g/mol. The van der Waals surface area contributed by atoms with Crippen LogP contribution in [0.15, 0.2) is 18.2 Å². The number of thiazole rings is 1. The van der Waals surface area contributed by atoms with E-state index in [9.17, 15) is 4.79 Å². The van der Waals surface area contributed by atoms with Crippen molar-refractivity contribution in [3.05, 3.63) is 23.2 Å². The van der Waals surface area contributed by atoms with E-state index in [2.05, 4.69) is 16.2 Å². The first-order chi connectivity index (χ1) is 8.60. The minimum absolute atomic E-state index is 0.230. The van der Waals surface area contributed by atoms with Gasteiger partial charge >= 0.3 is 0 Å². The lowest BCUT2D eigenvalue weighted by Crippen LogP contribution is -2.35. The molecule has 1 amide bonds. The molecule has 18 heavy (non-hydrogen) atoms. The Labute approximate surface area is 109 Å². The smallest absolute Gasteiger partial charge is 0.242 e. The molecule has 92 valence electrons. The molecule has 0 fully saturated rings. The summed E-state index contributed by atoms with van der Waals surface area (Å²) in [4.78, 5) is 16.1. The number of nitrogens with two attached hydrogens (primary N) is 1. The summed E-state index contributed by atoms with van der Waals surface area (Å²) in [6.45, 7) is 1.95. The number of hydrogen-bond acceptors (Lipinski definition) is 4. The summed E-state index contributed by atoms with van der Waals surface area (Å²) in [5.41, 5.74) is 7.27. The summed E-state index contributed by atoms with van der Waals surface area (Å²) in [7, 11) is 0. The van der Waals surface area contributed by atoms with Crippen LogP contribution in [0.5, 0.6) is 0 Å². The maximum Gasteiger partial charge on any atom is 0.242 e. The highest BCUT2D eigenvalue weighted by Gasteiger charge is 2.12. The number of hydrogen-bond donors (Lipinski definition) is 2. The number of amides is 1. The fourth-order valence-corrected chi connectivity index (χ4v) is 2.44. The summed E-state index contributed by atoms with van der Waals surface area (Å²) < 4.78 is 1.04. The summed E-state index contributed by atoms with van der Waals surface area (Å²) in [6.07, 6.45) is 5.35. The topological polar surface area (TPSA) is 68.0 Å². The largest absolute Gasteiger partial charge is 0.325 e. The van der Waals surface area contributed by atoms with Crippen molar-refractivity contribution in [2.45, 2.75) is 19.4 Å². The van der Waals surface area contributed by atoms with E-state index in [0.717, 1.165) is 15.2 Å². The normalized spacial score (nSPS) is 12.1. The Bertz CT molecular complexity index is 627. The van der Waals surface area contributed by atoms with Gasteiger partial charge in [0, 0.05) is 12.1 Å².